The van der Waals surface area contributed by atoms with Gasteiger partial charge in [0.25, 0.3) is 0 Å². The topological polar surface area (TPSA) is 24.5 Å². The Morgan fingerprint density at radius 1 is 1.35 bits per heavy atom. The Hall–Kier alpha value is -0.330. The van der Waals surface area contributed by atoms with Crippen LogP contribution in [0.2, 0.25) is 0 Å². The number of alkyl halides is 3. The smallest absolute Gasteiger partial charge is 0.377 e. The molecule has 6 heteroatoms. The number of nitrogens with one attached hydrogen (secondary N) is 1. The van der Waals surface area contributed by atoms with E-state index in [1.165, 1.54) is 0 Å². The fraction of sp³-hybridized carbons (Fsp3) is 1.00. The van der Waals surface area contributed by atoms with Crippen LogP contribution in [0.15, 0.2) is 0 Å². The first kappa shape index (κ1) is 14.7. The third kappa shape index (κ3) is 7.57. The van der Waals surface area contributed by atoms with Crippen molar-refractivity contribution in [3.05, 3.63) is 0 Å². The molecule has 0 aromatic carbocycles. The molecule has 3 nitrogen and oxygen atoms in total. The van der Waals surface area contributed by atoms with Gasteiger partial charge in [-0.15, -0.1) is 0 Å². The summed E-state index contributed by atoms with van der Waals surface area (Å²) in [4.78, 5) is 1.69. The summed E-state index contributed by atoms with van der Waals surface area (Å²) in [6.07, 6.45) is -2.32. The molecule has 0 amide bonds. The maximum atomic E-state index is 11.9. The highest BCUT2D eigenvalue weighted by molar-refractivity contribution is 4.68. The summed E-state index contributed by atoms with van der Waals surface area (Å²) >= 11 is 0. The summed E-state index contributed by atoms with van der Waals surface area (Å²) in [6, 6.07) is 0. The molecular weight excluding hydrogens is 233 g/mol. The van der Waals surface area contributed by atoms with E-state index in [-0.39, 0.29) is 12.6 Å². The van der Waals surface area contributed by atoms with Crippen LogP contribution >= 0.6 is 0 Å². The van der Waals surface area contributed by atoms with Crippen LogP contribution in [0.5, 0.6) is 0 Å². The van der Waals surface area contributed by atoms with Gasteiger partial charge in [-0.1, -0.05) is 0 Å². The molecule has 1 aliphatic rings. The molecule has 1 N–H and O–H groups in total. The lowest BCUT2D eigenvalue weighted by Gasteiger charge is -2.18. The van der Waals surface area contributed by atoms with Crippen molar-refractivity contribution in [2.45, 2.75) is 31.5 Å². The molecule has 1 aliphatic heterocycles. The van der Waals surface area contributed by atoms with E-state index in [0.717, 1.165) is 26.0 Å². The lowest BCUT2D eigenvalue weighted by atomic mass is 10.2. The summed E-state index contributed by atoms with van der Waals surface area (Å²) < 4.78 is 41.3. The largest absolute Gasteiger partial charge is 0.390 e. The second-order valence-electron chi connectivity index (χ2n) is 4.51. The maximum absolute atomic E-state index is 11.9. The molecule has 0 saturated carbocycles. The van der Waals surface area contributed by atoms with Gasteiger partial charge in [-0.05, 0) is 19.9 Å². The van der Waals surface area contributed by atoms with E-state index in [1.807, 2.05) is 0 Å². The Labute approximate surface area is 100 Å². The first-order valence-electron chi connectivity index (χ1n) is 6.05. The molecule has 1 unspecified atom stereocenters. The first-order valence-corrected chi connectivity index (χ1v) is 6.05. The number of nitrogens with zero attached hydrogens (tertiary/aromatic N) is 1. The van der Waals surface area contributed by atoms with E-state index >= 15 is 0 Å². The zero-order valence-corrected chi connectivity index (χ0v) is 10.2. The van der Waals surface area contributed by atoms with Crippen LogP contribution in [0.1, 0.15) is 19.3 Å². The lowest BCUT2D eigenvalue weighted by molar-refractivity contribution is -0.137. The Bertz CT molecular complexity index is 205. The maximum Gasteiger partial charge on any atom is 0.390 e. The van der Waals surface area contributed by atoms with Gasteiger partial charge in [-0.3, -0.25) is 0 Å². The summed E-state index contributed by atoms with van der Waals surface area (Å²) in [5, 5.41) is 3.21. The zero-order chi connectivity index (χ0) is 12.7. The average Bonchev–Trinajstić information content (AvgIpc) is 2.73. The highest BCUT2D eigenvalue weighted by atomic mass is 19.4. The van der Waals surface area contributed by atoms with Crippen LogP contribution in [0, 0.1) is 0 Å². The Morgan fingerprint density at radius 3 is 2.71 bits per heavy atom. The van der Waals surface area contributed by atoms with E-state index in [4.69, 9.17) is 4.74 Å². The third-order valence-electron chi connectivity index (χ3n) is 2.84. The van der Waals surface area contributed by atoms with Crippen LogP contribution < -0.4 is 5.32 Å². The minimum absolute atomic E-state index is 0.0606. The standard InChI is InChI=1S/C11H21F3N2O/c1-16(6-4-11(12,13)14)7-5-15-9-10-3-2-8-17-10/h10,15H,2-9H2,1H3. The summed E-state index contributed by atoms with van der Waals surface area (Å²) in [5.41, 5.74) is 0. The fourth-order valence-electron chi connectivity index (χ4n) is 1.77. The monoisotopic (exact) mass is 254 g/mol. The zero-order valence-electron chi connectivity index (χ0n) is 10.2. The van der Waals surface area contributed by atoms with Crippen molar-refractivity contribution in [3.63, 3.8) is 0 Å². The van der Waals surface area contributed by atoms with Gasteiger partial charge in [0, 0.05) is 32.8 Å². The molecule has 1 rings (SSSR count). The van der Waals surface area contributed by atoms with Gasteiger partial charge < -0.3 is 15.0 Å². The van der Waals surface area contributed by atoms with Crippen molar-refractivity contribution >= 4 is 0 Å². The van der Waals surface area contributed by atoms with Crippen molar-refractivity contribution in [1.82, 2.24) is 10.2 Å². The van der Waals surface area contributed by atoms with E-state index < -0.39 is 12.6 Å². The van der Waals surface area contributed by atoms with Gasteiger partial charge in [0.05, 0.1) is 12.5 Å². The Morgan fingerprint density at radius 2 is 2.12 bits per heavy atom. The molecule has 17 heavy (non-hydrogen) atoms. The van der Waals surface area contributed by atoms with Crippen molar-refractivity contribution in [3.8, 4) is 0 Å². The summed E-state index contributed by atoms with van der Waals surface area (Å²) in [6.45, 7) is 3.02. The van der Waals surface area contributed by atoms with Crippen molar-refractivity contribution in [1.29, 1.82) is 0 Å². The van der Waals surface area contributed by atoms with E-state index in [9.17, 15) is 13.2 Å². The number of hydrogen-bond donors (Lipinski definition) is 1. The number of ether oxygens (including phenoxy) is 1. The molecule has 102 valence electrons. The van der Waals surface area contributed by atoms with Gasteiger partial charge in [-0.2, -0.15) is 13.2 Å². The highest BCUT2D eigenvalue weighted by Gasteiger charge is 2.26. The molecule has 0 aromatic heterocycles. The van der Waals surface area contributed by atoms with Crippen LogP contribution in [0.25, 0.3) is 0 Å². The Kier molecular flexibility index (Phi) is 6.22. The molecule has 0 aliphatic carbocycles. The second-order valence-corrected chi connectivity index (χ2v) is 4.51. The summed E-state index contributed by atoms with van der Waals surface area (Å²) in [5.74, 6) is 0. The van der Waals surface area contributed by atoms with Crippen LogP contribution in [0.4, 0.5) is 13.2 Å². The molecule has 0 aromatic rings. The molecule has 1 heterocycles. The minimum Gasteiger partial charge on any atom is -0.377 e. The fourth-order valence-corrected chi connectivity index (χ4v) is 1.77. The van der Waals surface area contributed by atoms with E-state index in [2.05, 4.69) is 5.32 Å². The molecule has 1 fully saturated rings. The van der Waals surface area contributed by atoms with Crippen LogP contribution in [-0.4, -0.2) is 57.0 Å². The van der Waals surface area contributed by atoms with Crippen molar-refractivity contribution < 1.29 is 17.9 Å². The quantitative estimate of drug-likeness (QED) is 0.699. The lowest BCUT2D eigenvalue weighted by Crippen LogP contribution is -2.34. The molecule has 0 bridgehead atoms. The predicted octanol–water partition coefficient (Wildman–Crippen LogP) is 1.64. The normalized spacial score (nSPS) is 21.4. The van der Waals surface area contributed by atoms with Crippen LogP contribution in [-0.2, 0) is 4.74 Å². The third-order valence-corrected chi connectivity index (χ3v) is 2.84. The van der Waals surface area contributed by atoms with Gasteiger partial charge in [0.1, 0.15) is 0 Å². The van der Waals surface area contributed by atoms with Gasteiger partial charge >= 0.3 is 6.18 Å². The molecule has 1 saturated heterocycles. The highest BCUT2D eigenvalue weighted by Crippen LogP contribution is 2.19. The minimum atomic E-state index is -4.06. The molecule has 0 radical (unpaired) electrons. The molecule has 1 atom stereocenters. The predicted molar refractivity (Wildman–Crippen MR) is 60.0 cm³/mol. The van der Waals surface area contributed by atoms with E-state index in [0.29, 0.717) is 13.1 Å². The summed E-state index contributed by atoms with van der Waals surface area (Å²) in [7, 11) is 1.71. The molecular formula is C11H21F3N2O. The number of halogens is 3. The van der Waals surface area contributed by atoms with Gasteiger partial charge in [0.2, 0.25) is 0 Å². The van der Waals surface area contributed by atoms with Crippen molar-refractivity contribution in [2.24, 2.45) is 0 Å². The van der Waals surface area contributed by atoms with Crippen molar-refractivity contribution in [2.75, 3.05) is 39.8 Å². The van der Waals surface area contributed by atoms with Gasteiger partial charge in [-0.25, -0.2) is 0 Å². The van der Waals surface area contributed by atoms with Crippen LogP contribution in [0.3, 0.4) is 0 Å². The van der Waals surface area contributed by atoms with Gasteiger partial charge in [0.15, 0.2) is 0 Å². The number of hydrogen-bond acceptors (Lipinski definition) is 3. The second kappa shape index (κ2) is 7.18. The number of rotatable bonds is 7. The Balaban J connectivity index is 1.94. The SMILES string of the molecule is CN(CCNCC1CCCO1)CCC(F)(F)F. The van der Waals surface area contributed by atoms with E-state index in [1.54, 1.807) is 11.9 Å². The number of likely N-dealkylation sites (N-methyl/N-ethyl adjacent to an activating group) is 1. The average molecular weight is 254 g/mol. The first-order chi connectivity index (χ1) is 7.97. The molecule has 0 spiro atoms.